The molecule has 0 amide bonds. The molecule has 1 aliphatic heterocycles. The Balaban J connectivity index is 0.00000240. The van der Waals surface area contributed by atoms with Crippen LogP contribution >= 0.6 is 24.0 Å². The lowest BCUT2D eigenvalue weighted by Crippen LogP contribution is -2.38. The first-order valence-corrected chi connectivity index (χ1v) is 9.33. The van der Waals surface area contributed by atoms with E-state index in [-0.39, 0.29) is 35.4 Å². The van der Waals surface area contributed by atoms with Crippen LogP contribution in [0.4, 0.5) is 13.2 Å². The van der Waals surface area contributed by atoms with Gasteiger partial charge in [0.1, 0.15) is 5.75 Å². The third-order valence-corrected chi connectivity index (χ3v) is 5.49. The monoisotopic (exact) mass is 517 g/mol. The van der Waals surface area contributed by atoms with Gasteiger partial charge in [-0.3, -0.25) is 4.99 Å². The summed E-state index contributed by atoms with van der Waals surface area (Å²) >= 11 is 0. The minimum absolute atomic E-state index is 0. The van der Waals surface area contributed by atoms with Crippen LogP contribution in [0.1, 0.15) is 42.0 Å². The van der Waals surface area contributed by atoms with Crippen LogP contribution in [-0.2, 0) is 11.6 Å². The van der Waals surface area contributed by atoms with Crippen molar-refractivity contribution in [3.63, 3.8) is 0 Å². The van der Waals surface area contributed by atoms with Crippen LogP contribution in [0.25, 0.3) is 0 Å². The summed E-state index contributed by atoms with van der Waals surface area (Å²) in [6.45, 7) is 0.966. The zero-order valence-electron chi connectivity index (χ0n) is 15.7. The maximum absolute atomic E-state index is 13.0. The first-order chi connectivity index (χ1) is 13.4. The lowest BCUT2D eigenvalue weighted by Gasteiger charge is -2.27. The molecule has 1 saturated carbocycles. The number of halogens is 4. The molecule has 0 radical (unpaired) electrons. The molecule has 1 atom stereocenters. The maximum Gasteiger partial charge on any atom is 0.416 e. The molecule has 1 heterocycles. The molecule has 0 spiro atoms. The number of benzene rings is 2. The van der Waals surface area contributed by atoms with Gasteiger partial charge in [-0.2, -0.15) is 13.2 Å². The second kappa shape index (κ2) is 8.41. The van der Waals surface area contributed by atoms with E-state index in [0.29, 0.717) is 24.7 Å². The fourth-order valence-corrected chi connectivity index (χ4v) is 3.67. The van der Waals surface area contributed by atoms with Crippen molar-refractivity contribution in [2.24, 2.45) is 10.7 Å². The largest absolute Gasteiger partial charge is 0.493 e. The molecule has 1 aliphatic carbocycles. The van der Waals surface area contributed by atoms with E-state index in [1.807, 2.05) is 24.3 Å². The summed E-state index contributed by atoms with van der Waals surface area (Å²) in [5.41, 5.74) is 6.84. The molecule has 2 aliphatic rings. The van der Waals surface area contributed by atoms with Crippen molar-refractivity contribution in [2.75, 3.05) is 13.2 Å². The molecule has 8 heteroatoms. The first kappa shape index (κ1) is 21.7. The number of hydrogen-bond donors (Lipinski definition) is 2. The standard InChI is InChI=1S/C21H22F3N3O.HI/c22-21(23,24)15-5-3-4-14(12-15)20(9-10-20)13-26-19(25)27-17-8-11-28-18-7-2-1-6-16(17)18;/h1-7,12,17H,8-11,13H2,(H3,25,26,27);1H. The van der Waals surface area contributed by atoms with E-state index < -0.39 is 11.7 Å². The van der Waals surface area contributed by atoms with Gasteiger partial charge in [-0.1, -0.05) is 36.4 Å². The highest BCUT2D eigenvalue weighted by Crippen LogP contribution is 2.49. The normalized spacial score (nSPS) is 20.1. The summed E-state index contributed by atoms with van der Waals surface area (Å²) in [6.07, 6.45) is -1.95. The fourth-order valence-electron chi connectivity index (χ4n) is 3.67. The zero-order valence-corrected chi connectivity index (χ0v) is 18.0. The van der Waals surface area contributed by atoms with E-state index in [0.717, 1.165) is 36.6 Å². The minimum atomic E-state index is -4.34. The molecule has 29 heavy (non-hydrogen) atoms. The summed E-state index contributed by atoms with van der Waals surface area (Å²) in [5.74, 6) is 1.14. The van der Waals surface area contributed by atoms with Crippen molar-refractivity contribution >= 4 is 29.9 Å². The quantitative estimate of drug-likeness (QED) is 0.349. The highest BCUT2D eigenvalue weighted by molar-refractivity contribution is 14.0. The number of hydrogen-bond acceptors (Lipinski definition) is 2. The van der Waals surface area contributed by atoms with Crippen molar-refractivity contribution in [3.8, 4) is 5.75 Å². The molecule has 1 unspecified atom stereocenters. The van der Waals surface area contributed by atoms with Crippen LogP contribution in [0, 0.1) is 0 Å². The van der Waals surface area contributed by atoms with Crippen LogP contribution in [0.2, 0.25) is 0 Å². The van der Waals surface area contributed by atoms with Crippen molar-refractivity contribution in [1.82, 2.24) is 5.32 Å². The Morgan fingerprint density at radius 3 is 2.66 bits per heavy atom. The topological polar surface area (TPSA) is 59.6 Å². The van der Waals surface area contributed by atoms with Crippen LogP contribution < -0.4 is 15.8 Å². The van der Waals surface area contributed by atoms with Crippen molar-refractivity contribution in [1.29, 1.82) is 0 Å². The summed E-state index contributed by atoms with van der Waals surface area (Å²) < 4.78 is 44.7. The van der Waals surface area contributed by atoms with Gasteiger partial charge in [-0.25, -0.2) is 0 Å². The van der Waals surface area contributed by atoms with Crippen LogP contribution in [0.15, 0.2) is 53.5 Å². The summed E-state index contributed by atoms with van der Waals surface area (Å²) in [7, 11) is 0. The second-order valence-electron chi connectivity index (χ2n) is 7.43. The lowest BCUT2D eigenvalue weighted by molar-refractivity contribution is -0.137. The van der Waals surface area contributed by atoms with E-state index in [1.54, 1.807) is 6.07 Å². The number of fused-ring (bicyclic) bond motifs is 1. The molecular weight excluding hydrogens is 494 g/mol. The van der Waals surface area contributed by atoms with Gasteiger partial charge < -0.3 is 15.8 Å². The Morgan fingerprint density at radius 2 is 1.93 bits per heavy atom. The SMILES string of the molecule is I.NC(=NCC1(c2cccc(C(F)(F)F)c2)CC1)NC1CCOc2ccccc21. The number of guanidine groups is 1. The van der Waals surface area contributed by atoms with E-state index in [2.05, 4.69) is 10.3 Å². The van der Waals surface area contributed by atoms with E-state index in [1.165, 1.54) is 12.1 Å². The predicted octanol–water partition coefficient (Wildman–Crippen LogP) is 4.78. The number of para-hydroxylation sites is 1. The predicted molar refractivity (Wildman–Crippen MR) is 117 cm³/mol. The Morgan fingerprint density at radius 1 is 1.17 bits per heavy atom. The average Bonchev–Trinajstić information content (AvgIpc) is 3.48. The van der Waals surface area contributed by atoms with Crippen molar-refractivity contribution in [2.45, 2.75) is 36.9 Å². The molecule has 0 aromatic heterocycles. The zero-order chi connectivity index (χ0) is 19.8. The maximum atomic E-state index is 13.0. The number of aliphatic imine (C=N–C) groups is 1. The van der Waals surface area contributed by atoms with Gasteiger partial charge >= 0.3 is 6.18 Å². The molecule has 0 bridgehead atoms. The number of nitrogens with one attached hydrogen (secondary N) is 1. The second-order valence-corrected chi connectivity index (χ2v) is 7.43. The van der Waals surface area contributed by atoms with Crippen LogP contribution in [-0.4, -0.2) is 19.1 Å². The third kappa shape index (κ3) is 4.79. The fraction of sp³-hybridized carbons (Fsp3) is 0.381. The molecular formula is C21H23F3IN3O. The van der Waals surface area contributed by atoms with E-state index >= 15 is 0 Å². The average molecular weight is 517 g/mol. The highest BCUT2D eigenvalue weighted by Gasteiger charge is 2.45. The van der Waals surface area contributed by atoms with Crippen molar-refractivity contribution < 1.29 is 17.9 Å². The van der Waals surface area contributed by atoms with Gasteiger partial charge in [0.05, 0.1) is 24.8 Å². The molecule has 3 N–H and O–H groups in total. The highest BCUT2D eigenvalue weighted by atomic mass is 127. The Labute approximate surface area is 184 Å². The van der Waals surface area contributed by atoms with Gasteiger partial charge in [0.25, 0.3) is 0 Å². The molecule has 0 saturated heterocycles. The van der Waals surface area contributed by atoms with Gasteiger partial charge in [-0.15, -0.1) is 24.0 Å². The Hall–Kier alpha value is -1.97. The number of nitrogens with zero attached hydrogens (tertiary/aromatic N) is 1. The summed E-state index contributed by atoms with van der Waals surface area (Å²) in [6, 6.07) is 13.3. The first-order valence-electron chi connectivity index (χ1n) is 9.33. The van der Waals surface area contributed by atoms with Crippen molar-refractivity contribution in [3.05, 3.63) is 65.2 Å². The van der Waals surface area contributed by atoms with Gasteiger partial charge in [0.15, 0.2) is 5.96 Å². The minimum Gasteiger partial charge on any atom is -0.493 e. The van der Waals surface area contributed by atoms with Crippen LogP contribution in [0.5, 0.6) is 5.75 Å². The smallest absolute Gasteiger partial charge is 0.416 e. The van der Waals surface area contributed by atoms with Gasteiger partial charge in [0.2, 0.25) is 0 Å². The molecule has 2 aromatic rings. The molecule has 2 aromatic carbocycles. The Bertz CT molecular complexity index is 897. The van der Waals surface area contributed by atoms with E-state index in [4.69, 9.17) is 10.5 Å². The lowest BCUT2D eigenvalue weighted by atomic mass is 9.94. The molecule has 4 nitrogen and oxygen atoms in total. The number of ether oxygens (including phenoxy) is 1. The number of nitrogens with two attached hydrogens (primary N) is 1. The van der Waals surface area contributed by atoms with E-state index in [9.17, 15) is 13.2 Å². The third-order valence-electron chi connectivity index (χ3n) is 5.49. The van der Waals surface area contributed by atoms with Crippen LogP contribution in [0.3, 0.4) is 0 Å². The number of rotatable bonds is 4. The van der Waals surface area contributed by atoms with Gasteiger partial charge in [0, 0.05) is 17.4 Å². The molecule has 4 rings (SSSR count). The summed E-state index contributed by atoms with van der Waals surface area (Å²) in [4.78, 5) is 4.45. The Kier molecular flexibility index (Phi) is 6.30. The number of alkyl halides is 3. The molecule has 156 valence electrons. The molecule has 1 fully saturated rings. The van der Waals surface area contributed by atoms with Gasteiger partial charge in [-0.05, 0) is 30.5 Å². The summed E-state index contributed by atoms with van der Waals surface area (Å²) in [5, 5.41) is 3.23.